The number of rotatable bonds is 4. The Balaban J connectivity index is 0.00000210. The van der Waals surface area contributed by atoms with Crippen molar-refractivity contribution in [1.82, 2.24) is 15.0 Å². The van der Waals surface area contributed by atoms with Gasteiger partial charge in [-0.2, -0.15) is 0 Å². The second kappa shape index (κ2) is 7.94. The van der Waals surface area contributed by atoms with E-state index >= 15 is 0 Å². The molecule has 2 heterocycles. The fourth-order valence-electron chi connectivity index (χ4n) is 3.03. The first kappa shape index (κ1) is 18.5. The third-order valence-corrected chi connectivity index (χ3v) is 4.25. The third kappa shape index (κ3) is 3.94. The predicted molar refractivity (Wildman–Crippen MR) is 113 cm³/mol. The Morgan fingerprint density at radius 2 is 1.89 bits per heavy atom. The van der Waals surface area contributed by atoms with Crippen LogP contribution >= 0.6 is 12.4 Å². The van der Waals surface area contributed by atoms with Gasteiger partial charge in [0.25, 0.3) is 0 Å². The maximum Gasteiger partial charge on any atom is 0.158 e. The molecule has 0 aliphatic carbocycles. The van der Waals surface area contributed by atoms with Gasteiger partial charge in [-0.15, -0.1) is 18.8 Å². The Hall–Kier alpha value is -3.29. The topological polar surface area (TPSA) is 53.6 Å². The molecule has 0 fully saturated rings. The number of aryl methyl sites for hydroxylation is 1. The van der Waals surface area contributed by atoms with E-state index in [-0.39, 0.29) is 12.4 Å². The van der Waals surface area contributed by atoms with E-state index < -0.39 is 0 Å². The molecular weight excluding hydrogens is 356 g/mol. The van der Waals surface area contributed by atoms with Crippen molar-refractivity contribution in [2.45, 2.75) is 13.3 Å². The lowest BCUT2D eigenvalue weighted by atomic mass is 10.1. The molecule has 2 aromatic heterocycles. The van der Waals surface area contributed by atoms with Crippen LogP contribution in [-0.2, 0) is 6.42 Å². The summed E-state index contributed by atoms with van der Waals surface area (Å²) in [5.41, 5.74) is 5.97. The van der Waals surface area contributed by atoms with Gasteiger partial charge in [0.05, 0.1) is 5.52 Å². The number of nitrogens with one attached hydrogen (secondary N) is 2. The second-order valence-corrected chi connectivity index (χ2v) is 6.17. The van der Waals surface area contributed by atoms with Gasteiger partial charge in [-0.25, -0.2) is 9.97 Å². The Morgan fingerprint density at radius 3 is 2.67 bits per heavy atom. The van der Waals surface area contributed by atoms with Crippen LogP contribution in [0.15, 0.2) is 60.8 Å². The van der Waals surface area contributed by atoms with Crippen molar-refractivity contribution in [3.8, 4) is 12.3 Å². The van der Waals surface area contributed by atoms with Crippen molar-refractivity contribution in [1.29, 1.82) is 0 Å². The first-order valence-electron chi connectivity index (χ1n) is 8.45. The van der Waals surface area contributed by atoms with Crippen LogP contribution in [0.1, 0.15) is 22.5 Å². The first-order valence-corrected chi connectivity index (χ1v) is 8.45. The zero-order valence-electron chi connectivity index (χ0n) is 14.9. The number of nitrogens with zero attached hydrogens (tertiary/aromatic N) is 2. The van der Waals surface area contributed by atoms with Crippen LogP contribution in [0.2, 0.25) is 0 Å². The van der Waals surface area contributed by atoms with Crippen molar-refractivity contribution < 1.29 is 0 Å². The molecule has 0 saturated carbocycles. The summed E-state index contributed by atoms with van der Waals surface area (Å²) in [7, 11) is 0. The van der Waals surface area contributed by atoms with Gasteiger partial charge >= 0.3 is 0 Å². The number of H-pyrrole nitrogens is 1. The molecule has 2 aromatic carbocycles. The van der Waals surface area contributed by atoms with Crippen molar-refractivity contribution in [3.05, 3.63) is 83.3 Å². The number of hydrogen-bond donors (Lipinski definition) is 2. The first-order chi connectivity index (χ1) is 12.7. The van der Waals surface area contributed by atoms with Crippen LogP contribution in [0.3, 0.4) is 0 Å². The highest BCUT2D eigenvalue weighted by atomic mass is 35.5. The van der Waals surface area contributed by atoms with E-state index in [1.165, 1.54) is 5.56 Å². The number of halogens is 1. The second-order valence-electron chi connectivity index (χ2n) is 6.17. The Bertz CT molecular complexity index is 1110. The van der Waals surface area contributed by atoms with E-state index in [9.17, 15) is 0 Å². The number of aromatic amines is 1. The van der Waals surface area contributed by atoms with E-state index in [2.05, 4.69) is 50.5 Å². The SMILES string of the molecule is C#Cc1cccc(Nc2nc(C)nc3c(Cc4ccccc4)c[nH]c23)c1.Cl. The van der Waals surface area contributed by atoms with Crippen LogP contribution in [0, 0.1) is 19.3 Å². The van der Waals surface area contributed by atoms with Crippen molar-refractivity contribution in [2.24, 2.45) is 0 Å². The Morgan fingerprint density at radius 1 is 1.07 bits per heavy atom. The average molecular weight is 375 g/mol. The molecule has 0 aliphatic rings. The number of aromatic nitrogens is 3. The summed E-state index contributed by atoms with van der Waals surface area (Å²) in [6.45, 7) is 1.90. The number of anilines is 2. The van der Waals surface area contributed by atoms with Crippen LogP contribution < -0.4 is 5.32 Å². The van der Waals surface area contributed by atoms with Gasteiger partial charge in [0.1, 0.15) is 11.3 Å². The summed E-state index contributed by atoms with van der Waals surface area (Å²) in [4.78, 5) is 12.5. The maximum atomic E-state index is 5.49. The molecule has 27 heavy (non-hydrogen) atoms. The summed E-state index contributed by atoms with van der Waals surface area (Å²) < 4.78 is 0. The van der Waals surface area contributed by atoms with Crippen LogP contribution in [0.5, 0.6) is 0 Å². The molecule has 0 unspecified atom stereocenters. The molecule has 0 aliphatic heterocycles. The molecule has 4 nitrogen and oxygen atoms in total. The number of benzene rings is 2. The van der Waals surface area contributed by atoms with E-state index in [0.717, 1.165) is 45.9 Å². The van der Waals surface area contributed by atoms with E-state index in [1.807, 2.05) is 43.5 Å². The van der Waals surface area contributed by atoms with Crippen LogP contribution in [0.25, 0.3) is 11.0 Å². The normalized spacial score (nSPS) is 10.2. The third-order valence-electron chi connectivity index (χ3n) is 4.25. The Labute approximate surface area is 164 Å². The smallest absolute Gasteiger partial charge is 0.158 e. The fraction of sp³-hybridized carbons (Fsp3) is 0.0909. The molecule has 0 bridgehead atoms. The number of hydrogen-bond acceptors (Lipinski definition) is 3. The summed E-state index contributed by atoms with van der Waals surface area (Å²) >= 11 is 0. The molecule has 4 rings (SSSR count). The fourth-order valence-corrected chi connectivity index (χ4v) is 3.03. The van der Waals surface area contributed by atoms with Gasteiger partial charge in [0.15, 0.2) is 5.82 Å². The van der Waals surface area contributed by atoms with Crippen molar-refractivity contribution >= 4 is 34.9 Å². The molecule has 0 atom stereocenters. The summed E-state index contributed by atoms with van der Waals surface area (Å²) in [6, 6.07) is 18.1. The maximum absolute atomic E-state index is 5.49. The predicted octanol–water partition coefficient (Wildman–Crippen LogP) is 5.00. The lowest BCUT2D eigenvalue weighted by Crippen LogP contribution is -1.99. The van der Waals surface area contributed by atoms with E-state index in [1.54, 1.807) is 0 Å². The molecule has 134 valence electrons. The molecular formula is C22H19ClN4. The van der Waals surface area contributed by atoms with Crippen LogP contribution in [0.4, 0.5) is 11.5 Å². The minimum absolute atomic E-state index is 0. The van der Waals surface area contributed by atoms with Gasteiger partial charge in [-0.1, -0.05) is 42.3 Å². The lowest BCUT2D eigenvalue weighted by molar-refractivity contribution is 1.08. The van der Waals surface area contributed by atoms with Crippen molar-refractivity contribution in [3.63, 3.8) is 0 Å². The van der Waals surface area contributed by atoms with Gasteiger partial charge in [-0.3, -0.25) is 0 Å². The summed E-state index contributed by atoms with van der Waals surface area (Å²) in [6.07, 6.45) is 8.33. The van der Waals surface area contributed by atoms with Crippen LogP contribution in [-0.4, -0.2) is 15.0 Å². The Kier molecular flexibility index (Phi) is 5.44. The van der Waals surface area contributed by atoms with Gasteiger partial charge < -0.3 is 10.3 Å². The zero-order valence-corrected chi connectivity index (χ0v) is 15.7. The summed E-state index contributed by atoms with van der Waals surface area (Å²) in [5, 5.41) is 3.36. The molecule has 0 spiro atoms. The quantitative estimate of drug-likeness (QED) is 0.494. The summed E-state index contributed by atoms with van der Waals surface area (Å²) in [5.74, 6) is 4.13. The van der Waals surface area contributed by atoms with Gasteiger partial charge in [0, 0.05) is 29.4 Å². The highest BCUT2D eigenvalue weighted by Gasteiger charge is 2.12. The highest BCUT2D eigenvalue weighted by molar-refractivity contribution is 5.90. The van der Waals surface area contributed by atoms with E-state index in [0.29, 0.717) is 0 Å². The molecule has 2 N–H and O–H groups in total. The molecule has 4 aromatic rings. The monoisotopic (exact) mass is 374 g/mol. The van der Waals surface area contributed by atoms with Gasteiger partial charge in [0.2, 0.25) is 0 Å². The number of terminal acetylenes is 1. The van der Waals surface area contributed by atoms with Gasteiger partial charge in [-0.05, 0) is 30.7 Å². The molecule has 0 amide bonds. The molecule has 0 saturated heterocycles. The number of fused-ring (bicyclic) bond motifs is 1. The largest absolute Gasteiger partial charge is 0.357 e. The standard InChI is InChI=1S/C22H18N4.ClH/c1-3-16-10-7-11-19(13-16)26-22-21-20(24-15(2)25-22)18(14-23-21)12-17-8-5-4-6-9-17;/h1,4-11,13-14,23H,12H2,2H3,(H,24,25,26);1H. The lowest BCUT2D eigenvalue weighted by Gasteiger charge is -2.08. The average Bonchev–Trinajstić information content (AvgIpc) is 3.05. The molecule has 0 radical (unpaired) electrons. The zero-order chi connectivity index (χ0) is 17.9. The van der Waals surface area contributed by atoms with Crippen molar-refractivity contribution in [2.75, 3.05) is 5.32 Å². The minimum Gasteiger partial charge on any atom is -0.357 e. The van der Waals surface area contributed by atoms with E-state index in [4.69, 9.17) is 6.42 Å². The minimum atomic E-state index is 0. The highest BCUT2D eigenvalue weighted by Crippen LogP contribution is 2.27. The molecule has 5 heteroatoms.